The molecule has 0 heterocycles. The van der Waals surface area contributed by atoms with Crippen LogP contribution in [-0.4, -0.2) is 43.9 Å². The van der Waals surface area contributed by atoms with Gasteiger partial charge in [0.05, 0.1) is 19.8 Å². The van der Waals surface area contributed by atoms with E-state index in [1.165, 1.54) is 38.5 Å². The second kappa shape index (κ2) is 9.44. The van der Waals surface area contributed by atoms with Crippen molar-refractivity contribution in [2.75, 3.05) is 14.2 Å². The lowest BCUT2D eigenvalue weighted by Crippen LogP contribution is -2.41. The molecule has 0 aliphatic carbocycles. The van der Waals surface area contributed by atoms with Crippen molar-refractivity contribution in [2.45, 2.75) is 32.2 Å². The third-order valence-corrected chi connectivity index (χ3v) is 3.44. The molecule has 1 aromatic carbocycles. The van der Waals surface area contributed by atoms with Gasteiger partial charge in [0.25, 0.3) is 5.91 Å². The van der Waals surface area contributed by atoms with E-state index >= 15 is 0 Å². The third-order valence-electron chi connectivity index (χ3n) is 3.44. The lowest BCUT2D eigenvalue weighted by atomic mass is 10.1. The fraction of sp³-hybridized carbons (Fsp3) is 0.412. The molecule has 7 heteroatoms. The van der Waals surface area contributed by atoms with E-state index in [1.807, 2.05) is 0 Å². The van der Waals surface area contributed by atoms with Gasteiger partial charge >= 0.3 is 11.9 Å². The number of Topliss-reactive ketones (excluding diaryl/α,β-unsaturated/α-hetero) is 1. The van der Waals surface area contributed by atoms with Crippen molar-refractivity contribution in [3.63, 3.8) is 0 Å². The molecule has 0 saturated carbocycles. The van der Waals surface area contributed by atoms with E-state index in [2.05, 4.69) is 14.8 Å². The molecular weight excluding hydrogens is 314 g/mol. The first-order valence-electron chi connectivity index (χ1n) is 7.51. The predicted molar refractivity (Wildman–Crippen MR) is 85.6 cm³/mol. The van der Waals surface area contributed by atoms with Crippen molar-refractivity contribution in [3.8, 4) is 0 Å². The molecule has 0 aromatic heterocycles. The fourth-order valence-corrected chi connectivity index (χ4v) is 2.02. The Morgan fingerprint density at radius 3 is 2.33 bits per heavy atom. The van der Waals surface area contributed by atoms with Crippen molar-refractivity contribution in [1.29, 1.82) is 0 Å². The maximum Gasteiger partial charge on any atom is 0.337 e. The van der Waals surface area contributed by atoms with Crippen LogP contribution in [0, 0.1) is 0 Å². The Kier molecular flexibility index (Phi) is 7.61. The fourth-order valence-electron chi connectivity index (χ4n) is 2.02. The number of carbonyl (C=O) groups excluding carboxylic acids is 4. The molecule has 130 valence electrons. The number of carbonyl (C=O) groups is 4. The molecule has 0 aliphatic heterocycles. The quantitative estimate of drug-likeness (QED) is 0.723. The zero-order valence-corrected chi connectivity index (χ0v) is 14.0. The number of methoxy groups -OCH3 is 2. The average molecular weight is 335 g/mol. The monoisotopic (exact) mass is 335 g/mol. The Labute approximate surface area is 140 Å². The maximum absolute atomic E-state index is 12.3. The first-order chi connectivity index (χ1) is 11.4. The minimum Gasteiger partial charge on any atom is -0.467 e. The lowest BCUT2D eigenvalue weighted by Gasteiger charge is -2.16. The Balaban J connectivity index is 2.85. The zero-order chi connectivity index (χ0) is 18.1. The summed E-state index contributed by atoms with van der Waals surface area (Å²) >= 11 is 0. The molecule has 1 amide bonds. The standard InChI is InChI=1S/C17H21NO6/c1-4-13(19)8-9-14(17(22)24-3)18-15(20)11-6-5-7-12(10-11)16(21)23-2/h5-7,10,14H,4,8-9H2,1-3H3,(H,18,20)/t14-/m0/s1. The summed E-state index contributed by atoms with van der Waals surface area (Å²) < 4.78 is 9.26. The normalized spacial score (nSPS) is 11.3. The summed E-state index contributed by atoms with van der Waals surface area (Å²) in [6.45, 7) is 1.73. The van der Waals surface area contributed by atoms with Crippen LogP contribution in [0.5, 0.6) is 0 Å². The molecule has 24 heavy (non-hydrogen) atoms. The van der Waals surface area contributed by atoms with Crippen LogP contribution >= 0.6 is 0 Å². The number of benzene rings is 1. The van der Waals surface area contributed by atoms with Gasteiger partial charge in [0, 0.05) is 18.4 Å². The first-order valence-corrected chi connectivity index (χ1v) is 7.51. The molecule has 7 nitrogen and oxygen atoms in total. The predicted octanol–water partition coefficient (Wildman–Crippen LogP) is 1.50. The van der Waals surface area contributed by atoms with Crippen molar-refractivity contribution in [3.05, 3.63) is 35.4 Å². The molecule has 0 aliphatic rings. The van der Waals surface area contributed by atoms with E-state index in [1.54, 1.807) is 6.92 Å². The van der Waals surface area contributed by atoms with Crippen LogP contribution in [0.15, 0.2) is 24.3 Å². The van der Waals surface area contributed by atoms with Crippen LogP contribution in [0.4, 0.5) is 0 Å². The Morgan fingerprint density at radius 2 is 1.75 bits per heavy atom. The molecule has 0 saturated heterocycles. The van der Waals surface area contributed by atoms with Crippen LogP contribution in [0.3, 0.4) is 0 Å². The van der Waals surface area contributed by atoms with Crippen molar-refractivity contribution in [1.82, 2.24) is 5.32 Å². The number of hydrogen-bond acceptors (Lipinski definition) is 6. The van der Waals surface area contributed by atoms with Crippen LogP contribution in [0.2, 0.25) is 0 Å². The Hall–Kier alpha value is -2.70. The highest BCUT2D eigenvalue weighted by Gasteiger charge is 2.23. The van der Waals surface area contributed by atoms with Gasteiger partial charge in [-0.1, -0.05) is 13.0 Å². The van der Waals surface area contributed by atoms with Crippen LogP contribution in [0.1, 0.15) is 46.9 Å². The van der Waals surface area contributed by atoms with E-state index < -0.39 is 23.9 Å². The van der Waals surface area contributed by atoms with Gasteiger partial charge in [-0.2, -0.15) is 0 Å². The van der Waals surface area contributed by atoms with Gasteiger partial charge in [0.15, 0.2) is 0 Å². The third kappa shape index (κ3) is 5.49. The van der Waals surface area contributed by atoms with Crippen LogP contribution < -0.4 is 5.32 Å². The van der Waals surface area contributed by atoms with E-state index in [0.29, 0.717) is 6.42 Å². The average Bonchev–Trinajstić information content (AvgIpc) is 2.63. The zero-order valence-electron chi connectivity index (χ0n) is 14.0. The summed E-state index contributed by atoms with van der Waals surface area (Å²) in [7, 11) is 2.45. The van der Waals surface area contributed by atoms with E-state index in [-0.39, 0.29) is 29.8 Å². The van der Waals surface area contributed by atoms with E-state index in [0.717, 1.165) is 0 Å². The van der Waals surface area contributed by atoms with Crippen LogP contribution in [0.25, 0.3) is 0 Å². The van der Waals surface area contributed by atoms with Crippen LogP contribution in [-0.2, 0) is 19.1 Å². The number of ketones is 1. The smallest absolute Gasteiger partial charge is 0.337 e. The molecular formula is C17H21NO6. The molecule has 0 radical (unpaired) electrons. The molecule has 1 N–H and O–H groups in total. The Morgan fingerprint density at radius 1 is 1.08 bits per heavy atom. The number of ether oxygens (including phenoxy) is 2. The topological polar surface area (TPSA) is 98.8 Å². The van der Waals surface area contributed by atoms with Crippen molar-refractivity contribution < 1.29 is 28.7 Å². The van der Waals surface area contributed by atoms with Gasteiger partial charge in [0.2, 0.25) is 0 Å². The van der Waals surface area contributed by atoms with Gasteiger partial charge < -0.3 is 14.8 Å². The van der Waals surface area contributed by atoms with Gasteiger partial charge in [-0.15, -0.1) is 0 Å². The van der Waals surface area contributed by atoms with Crippen molar-refractivity contribution >= 4 is 23.6 Å². The SMILES string of the molecule is CCC(=O)CC[C@H](NC(=O)c1cccc(C(=O)OC)c1)C(=O)OC. The lowest BCUT2D eigenvalue weighted by molar-refractivity contribution is -0.143. The van der Waals surface area contributed by atoms with Gasteiger partial charge in [0.1, 0.15) is 11.8 Å². The summed E-state index contributed by atoms with van der Waals surface area (Å²) in [6.07, 6.45) is 0.684. The summed E-state index contributed by atoms with van der Waals surface area (Å²) in [5.41, 5.74) is 0.426. The second-order valence-corrected chi connectivity index (χ2v) is 5.05. The minimum atomic E-state index is -0.931. The summed E-state index contributed by atoms with van der Waals surface area (Å²) in [5.74, 6) is -1.75. The summed E-state index contributed by atoms with van der Waals surface area (Å²) in [6, 6.07) is 5.00. The largest absolute Gasteiger partial charge is 0.467 e. The summed E-state index contributed by atoms with van der Waals surface area (Å²) in [5, 5.41) is 2.53. The molecule has 1 atom stereocenters. The maximum atomic E-state index is 12.3. The molecule has 1 aromatic rings. The number of rotatable bonds is 8. The highest BCUT2D eigenvalue weighted by molar-refractivity contribution is 5.99. The highest BCUT2D eigenvalue weighted by Crippen LogP contribution is 2.09. The molecule has 1 rings (SSSR count). The number of hydrogen-bond donors (Lipinski definition) is 1. The van der Waals surface area contributed by atoms with Gasteiger partial charge in [-0.25, -0.2) is 9.59 Å². The van der Waals surface area contributed by atoms with Gasteiger partial charge in [-0.05, 0) is 24.6 Å². The molecule has 0 bridgehead atoms. The van der Waals surface area contributed by atoms with E-state index in [9.17, 15) is 19.2 Å². The molecule has 0 unspecified atom stereocenters. The van der Waals surface area contributed by atoms with E-state index in [4.69, 9.17) is 0 Å². The Bertz CT molecular complexity index is 625. The molecule has 0 spiro atoms. The number of nitrogens with one attached hydrogen (secondary N) is 1. The second-order valence-electron chi connectivity index (χ2n) is 5.05. The minimum absolute atomic E-state index is 0.00848. The number of esters is 2. The van der Waals surface area contributed by atoms with Gasteiger partial charge in [-0.3, -0.25) is 9.59 Å². The molecule has 0 fully saturated rings. The highest BCUT2D eigenvalue weighted by atomic mass is 16.5. The first kappa shape index (κ1) is 19.3. The number of amides is 1. The summed E-state index contributed by atoms with van der Waals surface area (Å²) in [4.78, 5) is 47.0. The van der Waals surface area contributed by atoms with Crippen molar-refractivity contribution in [2.24, 2.45) is 0 Å².